The molecule has 3 N–H and O–H groups in total. The summed E-state index contributed by atoms with van der Waals surface area (Å²) in [7, 11) is 0. The van der Waals surface area contributed by atoms with Gasteiger partial charge in [0.25, 0.3) is 5.56 Å². The standard InChI is InChI=1S/C15H15ClN4O5S/c1-2-25-11-6-8(5-9(16)13(11)23)7-17-20-14(24)10(3-4-12(21)22)18-19-15(20)26/h5-7,23H,2-4H2,1H3,(H,19,26)(H,21,22)/b17-7-. The minimum Gasteiger partial charge on any atom is -0.503 e. The summed E-state index contributed by atoms with van der Waals surface area (Å²) in [5.41, 5.74) is -0.167. The predicted molar refractivity (Wildman–Crippen MR) is 96.9 cm³/mol. The summed E-state index contributed by atoms with van der Waals surface area (Å²) in [6.07, 6.45) is 0.997. The Morgan fingerprint density at radius 1 is 1.54 bits per heavy atom. The van der Waals surface area contributed by atoms with Gasteiger partial charge in [-0.3, -0.25) is 14.7 Å². The lowest BCUT2D eigenvalue weighted by Crippen LogP contribution is -2.25. The number of aliphatic carboxylic acids is 1. The summed E-state index contributed by atoms with van der Waals surface area (Å²) in [6.45, 7) is 2.08. The number of halogens is 1. The van der Waals surface area contributed by atoms with E-state index in [2.05, 4.69) is 15.3 Å². The lowest BCUT2D eigenvalue weighted by molar-refractivity contribution is -0.136. The van der Waals surface area contributed by atoms with Crippen molar-refractivity contribution in [1.29, 1.82) is 0 Å². The third kappa shape index (κ3) is 4.67. The maximum atomic E-state index is 12.3. The van der Waals surface area contributed by atoms with E-state index in [9.17, 15) is 14.7 Å². The van der Waals surface area contributed by atoms with Crippen LogP contribution >= 0.6 is 23.8 Å². The third-order valence-electron chi connectivity index (χ3n) is 3.17. The van der Waals surface area contributed by atoms with Crippen LogP contribution in [0.3, 0.4) is 0 Å². The molecule has 1 heterocycles. The molecular formula is C15H15ClN4O5S. The fourth-order valence-corrected chi connectivity index (χ4v) is 2.37. The minimum atomic E-state index is -1.05. The van der Waals surface area contributed by atoms with Crippen LogP contribution in [0.1, 0.15) is 24.6 Å². The van der Waals surface area contributed by atoms with E-state index in [-0.39, 0.29) is 39.8 Å². The summed E-state index contributed by atoms with van der Waals surface area (Å²) in [6, 6.07) is 2.94. The topological polar surface area (TPSA) is 130 Å². The van der Waals surface area contributed by atoms with Crippen LogP contribution in [0.15, 0.2) is 22.0 Å². The Morgan fingerprint density at radius 2 is 2.27 bits per heavy atom. The number of aromatic nitrogens is 3. The van der Waals surface area contributed by atoms with E-state index in [1.54, 1.807) is 6.92 Å². The maximum absolute atomic E-state index is 12.3. The van der Waals surface area contributed by atoms with Gasteiger partial charge in [0.05, 0.1) is 24.3 Å². The molecule has 0 saturated carbocycles. The molecule has 26 heavy (non-hydrogen) atoms. The van der Waals surface area contributed by atoms with Gasteiger partial charge in [0.15, 0.2) is 11.5 Å². The van der Waals surface area contributed by atoms with E-state index in [0.717, 1.165) is 4.68 Å². The number of carbonyl (C=O) groups is 1. The Balaban J connectivity index is 2.39. The normalized spacial score (nSPS) is 11.0. The van der Waals surface area contributed by atoms with Gasteiger partial charge in [-0.1, -0.05) is 11.6 Å². The molecule has 0 bridgehead atoms. The molecule has 0 unspecified atom stereocenters. The lowest BCUT2D eigenvalue weighted by atomic mass is 10.2. The van der Waals surface area contributed by atoms with Crippen LogP contribution < -0.4 is 10.3 Å². The van der Waals surface area contributed by atoms with Crippen molar-refractivity contribution in [3.63, 3.8) is 0 Å². The molecule has 0 spiro atoms. The number of carboxylic acids is 1. The number of rotatable bonds is 7. The second-order valence-corrected chi connectivity index (χ2v) is 5.81. The van der Waals surface area contributed by atoms with E-state index in [4.69, 9.17) is 33.7 Å². The predicted octanol–water partition coefficient (Wildman–Crippen LogP) is 1.96. The van der Waals surface area contributed by atoms with Crippen LogP contribution in [0, 0.1) is 4.77 Å². The summed E-state index contributed by atoms with van der Waals surface area (Å²) < 4.78 is 6.11. The van der Waals surface area contributed by atoms with Gasteiger partial charge in [0.2, 0.25) is 4.77 Å². The molecular weight excluding hydrogens is 384 g/mol. The van der Waals surface area contributed by atoms with Gasteiger partial charge in [-0.25, -0.2) is 0 Å². The first-order chi connectivity index (χ1) is 12.3. The summed E-state index contributed by atoms with van der Waals surface area (Å²) >= 11 is 10.9. The molecule has 138 valence electrons. The molecule has 2 rings (SSSR count). The SMILES string of the molecule is CCOc1cc(/C=N\n2c(=S)[nH]nc(CCC(=O)O)c2=O)cc(Cl)c1O. The maximum Gasteiger partial charge on any atom is 0.303 e. The molecule has 0 saturated heterocycles. The number of nitrogens with one attached hydrogen (secondary N) is 1. The number of H-pyrrole nitrogens is 1. The summed E-state index contributed by atoms with van der Waals surface area (Å²) in [5.74, 6) is -1.07. The molecule has 9 nitrogen and oxygen atoms in total. The van der Waals surface area contributed by atoms with Crippen LogP contribution in [-0.4, -0.2) is 43.9 Å². The highest BCUT2D eigenvalue weighted by atomic mass is 35.5. The molecule has 0 aliphatic carbocycles. The number of ether oxygens (including phenoxy) is 1. The molecule has 1 aromatic carbocycles. The molecule has 0 radical (unpaired) electrons. The second-order valence-electron chi connectivity index (χ2n) is 5.01. The molecule has 0 aliphatic heterocycles. The van der Waals surface area contributed by atoms with Crippen molar-refractivity contribution in [2.45, 2.75) is 19.8 Å². The average Bonchev–Trinajstić information content (AvgIpc) is 2.58. The highest BCUT2D eigenvalue weighted by Crippen LogP contribution is 2.34. The van der Waals surface area contributed by atoms with Crippen LogP contribution in [-0.2, 0) is 11.2 Å². The van der Waals surface area contributed by atoms with Crippen molar-refractivity contribution in [2.24, 2.45) is 5.10 Å². The Kier molecular flexibility index (Phi) is 6.47. The van der Waals surface area contributed by atoms with Crippen LogP contribution in [0.2, 0.25) is 5.02 Å². The van der Waals surface area contributed by atoms with Crippen LogP contribution in [0.25, 0.3) is 0 Å². The fourth-order valence-electron chi connectivity index (χ4n) is 1.98. The van der Waals surface area contributed by atoms with Gasteiger partial charge in [-0.05, 0) is 36.8 Å². The van der Waals surface area contributed by atoms with Crippen molar-refractivity contribution in [3.8, 4) is 11.5 Å². The molecule has 0 fully saturated rings. The number of benzene rings is 1. The summed E-state index contributed by atoms with van der Waals surface area (Å²) in [4.78, 5) is 23.0. The number of phenolic OH excluding ortho intramolecular Hbond substituents is 1. The number of aromatic hydroxyl groups is 1. The second kappa shape index (κ2) is 8.59. The first-order valence-corrected chi connectivity index (χ1v) is 8.24. The van der Waals surface area contributed by atoms with Gasteiger partial charge < -0.3 is 14.9 Å². The molecule has 2 aromatic rings. The van der Waals surface area contributed by atoms with Crippen LogP contribution in [0.5, 0.6) is 11.5 Å². The smallest absolute Gasteiger partial charge is 0.303 e. The number of phenols is 1. The molecule has 0 atom stereocenters. The van der Waals surface area contributed by atoms with Gasteiger partial charge in [-0.2, -0.15) is 14.9 Å². The largest absolute Gasteiger partial charge is 0.503 e. The summed E-state index contributed by atoms with van der Waals surface area (Å²) in [5, 5.41) is 28.8. The quantitative estimate of drug-likeness (QED) is 0.480. The van der Waals surface area contributed by atoms with Gasteiger partial charge in [-0.15, -0.1) is 0 Å². The molecule has 0 amide bonds. The molecule has 1 aromatic heterocycles. The Bertz CT molecular complexity index is 969. The first kappa shape index (κ1) is 19.6. The zero-order chi connectivity index (χ0) is 19.3. The molecule has 0 aliphatic rings. The highest BCUT2D eigenvalue weighted by molar-refractivity contribution is 7.71. The third-order valence-corrected chi connectivity index (χ3v) is 3.72. The van der Waals surface area contributed by atoms with Crippen molar-refractivity contribution in [2.75, 3.05) is 6.61 Å². The Labute approximate surface area is 157 Å². The monoisotopic (exact) mass is 398 g/mol. The first-order valence-electron chi connectivity index (χ1n) is 7.45. The van der Waals surface area contributed by atoms with E-state index in [1.165, 1.54) is 18.3 Å². The average molecular weight is 399 g/mol. The Morgan fingerprint density at radius 3 is 2.92 bits per heavy atom. The van der Waals surface area contributed by atoms with Crippen molar-refractivity contribution in [1.82, 2.24) is 14.9 Å². The number of aromatic amines is 1. The Hall–Kier alpha value is -2.72. The minimum absolute atomic E-state index is 0.00288. The zero-order valence-corrected chi connectivity index (χ0v) is 15.2. The van der Waals surface area contributed by atoms with E-state index < -0.39 is 11.5 Å². The highest BCUT2D eigenvalue weighted by Gasteiger charge is 2.10. The van der Waals surface area contributed by atoms with Crippen LogP contribution in [0.4, 0.5) is 0 Å². The van der Waals surface area contributed by atoms with Crippen molar-refractivity contribution in [3.05, 3.63) is 43.5 Å². The number of hydrogen-bond acceptors (Lipinski definition) is 7. The van der Waals surface area contributed by atoms with E-state index in [0.29, 0.717) is 12.2 Å². The lowest BCUT2D eigenvalue weighted by Gasteiger charge is -2.08. The molecule has 11 heteroatoms. The van der Waals surface area contributed by atoms with Crippen molar-refractivity contribution < 1.29 is 19.7 Å². The number of nitrogens with zero attached hydrogens (tertiary/aromatic N) is 3. The van der Waals surface area contributed by atoms with E-state index >= 15 is 0 Å². The fraction of sp³-hybridized carbons (Fsp3) is 0.267. The number of aryl methyl sites for hydroxylation is 1. The van der Waals surface area contributed by atoms with E-state index in [1.807, 2.05) is 0 Å². The van der Waals surface area contributed by atoms with Gasteiger partial charge >= 0.3 is 5.97 Å². The van der Waals surface area contributed by atoms with Crippen molar-refractivity contribution >= 4 is 36.0 Å². The zero-order valence-electron chi connectivity index (χ0n) is 13.6. The van der Waals surface area contributed by atoms with Gasteiger partial charge in [0.1, 0.15) is 5.69 Å². The number of carboxylic acid groups (broad SMARTS) is 1. The van der Waals surface area contributed by atoms with Gasteiger partial charge in [0, 0.05) is 6.42 Å². The number of hydrogen-bond donors (Lipinski definition) is 3.